The zero-order valence-corrected chi connectivity index (χ0v) is 18.0. The lowest BCUT2D eigenvalue weighted by molar-refractivity contribution is 0.404. The number of piperazine rings is 1. The summed E-state index contributed by atoms with van der Waals surface area (Å²) in [6, 6.07) is 6.36. The van der Waals surface area contributed by atoms with E-state index in [9.17, 15) is 4.39 Å². The van der Waals surface area contributed by atoms with Crippen molar-refractivity contribution in [3.8, 4) is 5.75 Å². The number of fused-ring (bicyclic) bond motifs is 2. The second-order valence-corrected chi connectivity index (χ2v) is 8.33. The predicted octanol–water partition coefficient (Wildman–Crippen LogP) is 3.60. The highest BCUT2D eigenvalue weighted by Gasteiger charge is 2.23. The average molecular weight is 423 g/mol. The van der Waals surface area contributed by atoms with Gasteiger partial charge in [-0.1, -0.05) is 0 Å². The number of benzene rings is 1. The maximum atomic E-state index is 14.5. The number of aryl methyl sites for hydroxylation is 1. The van der Waals surface area contributed by atoms with E-state index in [1.165, 1.54) is 6.07 Å². The number of aromatic nitrogens is 4. The molecule has 0 unspecified atom stereocenters. The number of anilines is 3. The van der Waals surface area contributed by atoms with Gasteiger partial charge >= 0.3 is 0 Å². The standard InChI is InChI=1S/C22H26FN7O/c1-12-8-29(9-13(2)24-12)16-6-18-20(19(7-16)31-4)21(28-27-18)26-15-5-17(23)22-25-14(3)10-30(22)11-15/h5-7,10-13,24H,8-9H2,1-4H3,(H2,26,27,28)/t12-,13-/m0/s1. The summed E-state index contributed by atoms with van der Waals surface area (Å²) < 4.78 is 21.9. The van der Waals surface area contributed by atoms with Crippen LogP contribution in [0.2, 0.25) is 0 Å². The maximum absolute atomic E-state index is 14.5. The summed E-state index contributed by atoms with van der Waals surface area (Å²) in [6.07, 6.45) is 3.58. The van der Waals surface area contributed by atoms with Gasteiger partial charge in [-0.05, 0) is 26.8 Å². The number of methoxy groups -OCH3 is 1. The van der Waals surface area contributed by atoms with Crippen LogP contribution in [0.25, 0.3) is 16.6 Å². The topological polar surface area (TPSA) is 82.5 Å². The molecule has 9 heteroatoms. The molecular weight excluding hydrogens is 397 g/mol. The van der Waals surface area contributed by atoms with Crippen LogP contribution in [0.4, 0.5) is 21.6 Å². The van der Waals surface area contributed by atoms with Crippen LogP contribution in [0.3, 0.4) is 0 Å². The minimum atomic E-state index is -0.394. The molecule has 5 rings (SSSR count). The Kier molecular flexibility index (Phi) is 4.70. The van der Waals surface area contributed by atoms with Crippen LogP contribution < -0.4 is 20.3 Å². The van der Waals surface area contributed by atoms with Gasteiger partial charge in [0.1, 0.15) is 5.75 Å². The second kappa shape index (κ2) is 7.42. The molecule has 3 aromatic heterocycles. The molecule has 0 radical (unpaired) electrons. The van der Waals surface area contributed by atoms with E-state index in [4.69, 9.17) is 4.74 Å². The van der Waals surface area contributed by atoms with Gasteiger partial charge in [0.05, 0.1) is 29.4 Å². The normalized spacial score (nSPS) is 19.3. The molecule has 4 aromatic rings. The summed E-state index contributed by atoms with van der Waals surface area (Å²) in [7, 11) is 1.65. The number of ether oxygens (including phenoxy) is 1. The Hall–Kier alpha value is -3.33. The minimum absolute atomic E-state index is 0.302. The molecule has 8 nitrogen and oxygen atoms in total. The van der Waals surface area contributed by atoms with Crippen molar-refractivity contribution in [1.82, 2.24) is 24.9 Å². The number of pyridine rings is 1. The lowest BCUT2D eigenvalue weighted by atomic mass is 10.1. The zero-order chi connectivity index (χ0) is 21.7. The molecule has 0 bridgehead atoms. The Morgan fingerprint density at radius 1 is 1.16 bits per heavy atom. The van der Waals surface area contributed by atoms with Crippen LogP contribution in [0.15, 0.2) is 30.6 Å². The van der Waals surface area contributed by atoms with E-state index in [1.54, 1.807) is 23.9 Å². The number of nitrogens with zero attached hydrogens (tertiary/aromatic N) is 4. The van der Waals surface area contributed by atoms with Crippen LogP contribution in [-0.4, -0.2) is 51.9 Å². The third kappa shape index (κ3) is 3.54. The number of H-pyrrole nitrogens is 1. The summed E-state index contributed by atoms with van der Waals surface area (Å²) in [5, 5.41) is 15.1. The zero-order valence-electron chi connectivity index (χ0n) is 18.0. The molecule has 3 N–H and O–H groups in total. The summed E-state index contributed by atoms with van der Waals surface area (Å²) in [5.41, 5.74) is 3.58. The van der Waals surface area contributed by atoms with E-state index in [-0.39, 0.29) is 0 Å². The minimum Gasteiger partial charge on any atom is -0.496 e. The Bertz CT molecular complexity index is 1250. The molecule has 1 aromatic carbocycles. The average Bonchev–Trinajstić information content (AvgIpc) is 3.30. The second-order valence-electron chi connectivity index (χ2n) is 8.33. The molecule has 162 valence electrons. The summed E-state index contributed by atoms with van der Waals surface area (Å²) in [6.45, 7) is 8.05. The van der Waals surface area contributed by atoms with Crippen LogP contribution in [0.5, 0.6) is 5.75 Å². The van der Waals surface area contributed by atoms with Crippen molar-refractivity contribution >= 4 is 33.7 Å². The lowest BCUT2D eigenvalue weighted by Gasteiger charge is -2.37. The lowest BCUT2D eigenvalue weighted by Crippen LogP contribution is -2.54. The van der Waals surface area contributed by atoms with Crippen LogP contribution >= 0.6 is 0 Å². The van der Waals surface area contributed by atoms with Gasteiger partial charge in [-0.25, -0.2) is 9.37 Å². The third-order valence-electron chi connectivity index (χ3n) is 5.64. The van der Waals surface area contributed by atoms with E-state index in [0.717, 1.165) is 35.4 Å². The predicted molar refractivity (Wildman–Crippen MR) is 120 cm³/mol. The van der Waals surface area contributed by atoms with Crippen molar-refractivity contribution < 1.29 is 9.13 Å². The third-order valence-corrected chi connectivity index (χ3v) is 5.64. The number of halogens is 1. The van der Waals surface area contributed by atoms with Gasteiger partial charge < -0.3 is 24.7 Å². The number of hydrogen-bond acceptors (Lipinski definition) is 6. The molecule has 4 heterocycles. The van der Waals surface area contributed by atoms with Crippen LogP contribution in [-0.2, 0) is 0 Å². The van der Waals surface area contributed by atoms with Crippen molar-refractivity contribution in [2.75, 3.05) is 30.4 Å². The molecule has 0 saturated carbocycles. The highest BCUT2D eigenvalue weighted by molar-refractivity contribution is 5.98. The number of nitrogens with one attached hydrogen (secondary N) is 3. The van der Waals surface area contributed by atoms with E-state index < -0.39 is 5.82 Å². The van der Waals surface area contributed by atoms with E-state index in [1.807, 2.05) is 13.0 Å². The van der Waals surface area contributed by atoms with Crippen molar-refractivity contribution in [2.45, 2.75) is 32.9 Å². The van der Waals surface area contributed by atoms with Gasteiger partial charge in [0.15, 0.2) is 17.3 Å². The molecule has 1 fully saturated rings. The quantitative estimate of drug-likeness (QED) is 0.465. The van der Waals surface area contributed by atoms with Gasteiger partial charge in [0.2, 0.25) is 0 Å². The largest absolute Gasteiger partial charge is 0.496 e. The first-order chi connectivity index (χ1) is 14.9. The Labute approximate surface area is 179 Å². The number of imidazole rings is 1. The van der Waals surface area contributed by atoms with Crippen LogP contribution in [0.1, 0.15) is 19.5 Å². The molecule has 1 aliphatic rings. The maximum Gasteiger partial charge on any atom is 0.173 e. The first-order valence-corrected chi connectivity index (χ1v) is 10.4. The van der Waals surface area contributed by atoms with Crippen molar-refractivity contribution in [1.29, 1.82) is 0 Å². The van der Waals surface area contributed by atoms with Gasteiger partial charge in [-0.15, -0.1) is 0 Å². The van der Waals surface area contributed by atoms with Gasteiger partial charge in [-0.2, -0.15) is 5.10 Å². The Balaban J connectivity index is 1.52. The summed E-state index contributed by atoms with van der Waals surface area (Å²) in [4.78, 5) is 6.56. The first kappa shape index (κ1) is 19.6. The smallest absolute Gasteiger partial charge is 0.173 e. The Morgan fingerprint density at radius 2 is 1.94 bits per heavy atom. The van der Waals surface area contributed by atoms with Gasteiger partial charge in [0.25, 0.3) is 0 Å². The van der Waals surface area contributed by atoms with Crippen molar-refractivity contribution in [3.63, 3.8) is 0 Å². The summed E-state index contributed by atoms with van der Waals surface area (Å²) in [5.74, 6) is 0.896. The summed E-state index contributed by atoms with van der Waals surface area (Å²) >= 11 is 0. The molecule has 1 saturated heterocycles. The van der Waals surface area contributed by atoms with E-state index in [0.29, 0.717) is 35.0 Å². The van der Waals surface area contributed by atoms with Gasteiger partial charge in [0, 0.05) is 55.4 Å². The first-order valence-electron chi connectivity index (χ1n) is 10.4. The van der Waals surface area contributed by atoms with Crippen LogP contribution in [0, 0.1) is 12.7 Å². The highest BCUT2D eigenvalue weighted by Crippen LogP contribution is 2.37. The SMILES string of the molecule is COc1cc(N2C[C@H](C)N[C@@H](C)C2)cc2[nH]nc(Nc3cc(F)c4nc(C)cn4c3)c12. The molecule has 31 heavy (non-hydrogen) atoms. The molecule has 2 atom stereocenters. The fourth-order valence-electron chi connectivity index (χ4n) is 4.46. The monoisotopic (exact) mass is 423 g/mol. The molecule has 0 spiro atoms. The van der Waals surface area contributed by atoms with E-state index >= 15 is 0 Å². The molecule has 0 amide bonds. The molecule has 1 aliphatic heterocycles. The highest BCUT2D eigenvalue weighted by atomic mass is 19.1. The van der Waals surface area contributed by atoms with E-state index in [2.05, 4.69) is 50.6 Å². The number of aromatic amines is 1. The van der Waals surface area contributed by atoms with Crippen molar-refractivity contribution in [2.24, 2.45) is 0 Å². The van der Waals surface area contributed by atoms with Crippen molar-refractivity contribution in [3.05, 3.63) is 42.1 Å². The fourth-order valence-corrected chi connectivity index (χ4v) is 4.46. The molecular formula is C22H26FN7O. The van der Waals surface area contributed by atoms with Gasteiger partial charge in [-0.3, -0.25) is 5.10 Å². The Morgan fingerprint density at radius 3 is 2.68 bits per heavy atom. The number of rotatable bonds is 4. The molecule has 0 aliphatic carbocycles. The number of hydrogen-bond donors (Lipinski definition) is 3. The fraction of sp³-hybridized carbons (Fsp3) is 0.364.